The first-order valence-corrected chi connectivity index (χ1v) is 15.1. The van der Waals surface area contributed by atoms with Gasteiger partial charge < -0.3 is 8.98 Å². The van der Waals surface area contributed by atoms with Crippen molar-refractivity contribution >= 4 is 49.5 Å². The minimum Gasteiger partial charge on any atom is -0.454 e. The average molecular weight is 568 g/mol. The molecule has 0 fully saturated rings. The second-order valence-electron chi connectivity index (χ2n) is 11.6. The number of nitrogens with one attached hydrogen (secondary N) is 1. The highest BCUT2D eigenvalue weighted by Gasteiger charge is 2.26. The molecule has 2 unspecified atom stereocenters. The molecule has 3 heterocycles. The number of hydrogen-bond acceptors (Lipinski definition) is 3. The van der Waals surface area contributed by atoms with Crippen molar-refractivity contribution < 1.29 is 4.42 Å². The molecular formula is C40H29N3O. The Balaban J connectivity index is 1.43. The molecule has 0 radical (unpaired) electrons. The predicted molar refractivity (Wildman–Crippen MR) is 181 cm³/mol. The van der Waals surface area contributed by atoms with Gasteiger partial charge in [0.25, 0.3) is 0 Å². The summed E-state index contributed by atoms with van der Waals surface area (Å²) in [4.78, 5) is 5.40. The van der Waals surface area contributed by atoms with Crippen LogP contribution in [-0.2, 0) is 0 Å². The van der Waals surface area contributed by atoms with E-state index in [9.17, 15) is 0 Å². The maximum atomic E-state index is 6.65. The van der Waals surface area contributed by atoms with Crippen molar-refractivity contribution in [1.29, 1.82) is 0 Å². The summed E-state index contributed by atoms with van der Waals surface area (Å²) in [6.45, 7) is 2.13. The smallest absolute Gasteiger partial charge is 0.160 e. The Morgan fingerprint density at radius 1 is 0.614 bits per heavy atom. The second-order valence-corrected chi connectivity index (χ2v) is 11.6. The minimum absolute atomic E-state index is 0.0822. The molecule has 1 aliphatic heterocycles. The number of rotatable bonds is 2. The zero-order valence-electron chi connectivity index (χ0n) is 24.2. The molecule has 210 valence electrons. The number of aliphatic imine (C=N–C) groups is 1. The van der Waals surface area contributed by atoms with Crippen molar-refractivity contribution in [3.63, 3.8) is 0 Å². The molecule has 4 heteroatoms. The van der Waals surface area contributed by atoms with Crippen LogP contribution in [0.1, 0.15) is 41.4 Å². The van der Waals surface area contributed by atoms with Crippen LogP contribution >= 0.6 is 0 Å². The van der Waals surface area contributed by atoms with Gasteiger partial charge >= 0.3 is 0 Å². The maximum absolute atomic E-state index is 6.65. The zero-order chi connectivity index (χ0) is 29.2. The van der Waals surface area contributed by atoms with Crippen LogP contribution in [0.2, 0.25) is 0 Å². The van der Waals surface area contributed by atoms with Crippen LogP contribution in [0.25, 0.3) is 49.4 Å². The summed E-state index contributed by atoms with van der Waals surface area (Å²) in [5, 5.41) is 8.57. The quantitative estimate of drug-likeness (QED) is 0.226. The van der Waals surface area contributed by atoms with Crippen LogP contribution in [0.5, 0.6) is 0 Å². The summed E-state index contributed by atoms with van der Waals surface area (Å²) in [6.07, 6.45) is -0.249. The summed E-state index contributed by atoms with van der Waals surface area (Å²) >= 11 is 0. The molecule has 0 saturated carbocycles. The first-order valence-electron chi connectivity index (χ1n) is 15.1. The number of fused-ring (bicyclic) bond motifs is 10. The highest BCUT2D eigenvalue weighted by atomic mass is 16.3. The topological polar surface area (TPSA) is 42.5 Å². The molecule has 2 bridgehead atoms. The predicted octanol–water partition coefficient (Wildman–Crippen LogP) is 9.88. The van der Waals surface area contributed by atoms with E-state index in [0.29, 0.717) is 0 Å². The Morgan fingerprint density at radius 3 is 2.14 bits per heavy atom. The molecule has 0 amide bonds. The summed E-state index contributed by atoms with van der Waals surface area (Å²) in [7, 11) is 0. The minimum atomic E-state index is -0.249. The van der Waals surface area contributed by atoms with E-state index in [1.807, 2.05) is 6.07 Å². The van der Waals surface area contributed by atoms with Crippen LogP contribution in [-0.4, -0.2) is 10.3 Å². The number of furan rings is 1. The van der Waals surface area contributed by atoms with Crippen molar-refractivity contribution in [2.45, 2.75) is 19.1 Å². The van der Waals surface area contributed by atoms with Gasteiger partial charge in [0.2, 0.25) is 0 Å². The van der Waals surface area contributed by atoms with Crippen molar-refractivity contribution in [3.8, 4) is 5.69 Å². The van der Waals surface area contributed by atoms with Crippen molar-refractivity contribution in [1.82, 2.24) is 9.88 Å². The Bertz CT molecular complexity index is 2380. The standard InChI is InChI=1S/C40H29N3O/c1-25-29-16-8-10-18-34(29)43-35-24-28(37(26-12-4-2-5-13-26)42-40(41-25)27-14-6-3-7-15-27)20-21-30(35)32-22-23-33-31-17-9-11-19-36(31)44-39(33)38(32)43/h2-24,37,40,42H,1H3/b41-25+. The lowest BCUT2D eigenvalue weighted by atomic mass is 9.96. The van der Waals surface area contributed by atoms with Gasteiger partial charge in [0, 0.05) is 32.8 Å². The summed E-state index contributed by atoms with van der Waals surface area (Å²) in [5.74, 6) is 0. The molecule has 2 aromatic heterocycles. The highest BCUT2D eigenvalue weighted by Crippen LogP contribution is 2.42. The largest absolute Gasteiger partial charge is 0.454 e. The van der Waals surface area contributed by atoms with E-state index in [4.69, 9.17) is 9.41 Å². The monoisotopic (exact) mass is 567 g/mol. The Hall–Kier alpha value is -5.45. The van der Waals surface area contributed by atoms with Crippen molar-refractivity contribution in [2.75, 3.05) is 0 Å². The van der Waals surface area contributed by atoms with Gasteiger partial charge in [0.15, 0.2) is 5.58 Å². The lowest BCUT2D eigenvalue weighted by molar-refractivity contribution is 0.501. The molecule has 4 nitrogen and oxygen atoms in total. The van der Waals surface area contributed by atoms with Gasteiger partial charge in [0.1, 0.15) is 11.7 Å². The number of aromatic nitrogens is 1. The van der Waals surface area contributed by atoms with Crippen molar-refractivity contribution in [2.24, 2.45) is 4.99 Å². The highest BCUT2D eigenvalue weighted by molar-refractivity contribution is 6.22. The van der Waals surface area contributed by atoms with E-state index in [1.54, 1.807) is 0 Å². The lowest BCUT2D eigenvalue weighted by Crippen LogP contribution is -2.27. The molecule has 6 aromatic carbocycles. The average Bonchev–Trinajstić information content (AvgIpc) is 3.62. The van der Waals surface area contributed by atoms with Gasteiger partial charge in [-0.2, -0.15) is 0 Å². The van der Waals surface area contributed by atoms with Gasteiger partial charge in [0.05, 0.1) is 22.8 Å². The SMILES string of the molecule is C/C1=N\C(c2ccccc2)NC(c2ccccc2)c2ccc3c4ccc5c6ccccc6oc5c4n(c3c2)-c2ccccc21. The fourth-order valence-electron chi connectivity index (χ4n) is 7.00. The number of nitrogens with zero attached hydrogens (tertiary/aromatic N) is 2. The van der Waals surface area contributed by atoms with E-state index in [1.165, 1.54) is 21.9 Å². The zero-order valence-corrected chi connectivity index (χ0v) is 24.2. The van der Waals surface area contributed by atoms with Crippen LogP contribution in [0.15, 0.2) is 149 Å². The van der Waals surface area contributed by atoms with E-state index in [-0.39, 0.29) is 12.2 Å². The molecular weight excluding hydrogens is 538 g/mol. The Labute approximate surface area is 254 Å². The van der Waals surface area contributed by atoms with Crippen LogP contribution in [0.4, 0.5) is 0 Å². The third-order valence-electron chi connectivity index (χ3n) is 9.06. The van der Waals surface area contributed by atoms with Crippen molar-refractivity contribution in [3.05, 3.63) is 162 Å². The molecule has 8 aromatic rings. The summed E-state index contributed by atoms with van der Waals surface area (Å²) in [5.41, 5.74) is 10.7. The first-order chi connectivity index (χ1) is 21.7. The number of para-hydroxylation sites is 2. The maximum Gasteiger partial charge on any atom is 0.160 e. The Morgan fingerprint density at radius 2 is 1.30 bits per heavy atom. The van der Waals surface area contributed by atoms with E-state index in [0.717, 1.165) is 55.5 Å². The summed E-state index contributed by atoms with van der Waals surface area (Å²) in [6, 6.07) is 49.4. The van der Waals surface area contributed by atoms with E-state index in [2.05, 4.69) is 150 Å². The van der Waals surface area contributed by atoms with E-state index >= 15 is 0 Å². The van der Waals surface area contributed by atoms with Gasteiger partial charge in [-0.05, 0) is 47.9 Å². The third-order valence-corrected chi connectivity index (χ3v) is 9.06. The van der Waals surface area contributed by atoms with Gasteiger partial charge in [-0.15, -0.1) is 0 Å². The fourth-order valence-corrected chi connectivity index (χ4v) is 7.00. The number of hydrogen-bond donors (Lipinski definition) is 1. The third kappa shape index (κ3) is 3.78. The molecule has 9 rings (SSSR count). The molecule has 1 N–H and O–H groups in total. The second kappa shape index (κ2) is 9.80. The molecule has 1 aliphatic rings. The lowest BCUT2D eigenvalue weighted by Gasteiger charge is -2.25. The molecule has 0 spiro atoms. The Kier molecular flexibility index (Phi) is 5.59. The molecule has 0 aliphatic carbocycles. The van der Waals surface area contributed by atoms with Crippen LogP contribution in [0, 0.1) is 0 Å². The molecule has 44 heavy (non-hydrogen) atoms. The van der Waals surface area contributed by atoms with Gasteiger partial charge in [-0.1, -0.05) is 115 Å². The normalized spacial score (nSPS) is 18.0. The van der Waals surface area contributed by atoms with Gasteiger partial charge in [-0.25, -0.2) is 0 Å². The van der Waals surface area contributed by atoms with Gasteiger partial charge in [-0.3, -0.25) is 10.3 Å². The summed E-state index contributed by atoms with van der Waals surface area (Å²) < 4.78 is 9.06. The first kappa shape index (κ1) is 25.1. The fraction of sp³-hybridized carbons (Fsp3) is 0.0750. The van der Waals surface area contributed by atoms with Crippen LogP contribution in [0.3, 0.4) is 0 Å². The van der Waals surface area contributed by atoms with E-state index < -0.39 is 0 Å². The number of benzene rings is 6. The van der Waals surface area contributed by atoms with Crippen LogP contribution < -0.4 is 5.32 Å². The molecule has 2 atom stereocenters. The molecule has 0 saturated heterocycles.